The molecule has 0 heterocycles. The molecule has 0 aliphatic rings. The summed E-state index contributed by atoms with van der Waals surface area (Å²) in [4.78, 5) is 10.9. The first-order valence-electron chi connectivity index (χ1n) is 4.14. The molecule has 1 N–H and O–H groups in total. The van der Waals surface area contributed by atoms with Crippen molar-refractivity contribution in [3.05, 3.63) is 12.7 Å². The van der Waals surface area contributed by atoms with Gasteiger partial charge in [-0.2, -0.15) is 0 Å². The smallest absolute Gasteiger partial charge is 0.319 e. The molecule has 0 aliphatic heterocycles. The molecular formula is C9H17NO2. The van der Waals surface area contributed by atoms with Gasteiger partial charge in [0.1, 0.15) is 0 Å². The number of hydrogen-bond acceptors (Lipinski definition) is 3. The molecule has 3 heteroatoms. The van der Waals surface area contributed by atoms with Crippen molar-refractivity contribution in [2.45, 2.75) is 13.8 Å². The second-order valence-electron chi connectivity index (χ2n) is 3.00. The second-order valence-corrected chi connectivity index (χ2v) is 3.00. The van der Waals surface area contributed by atoms with Crippen molar-refractivity contribution in [3.63, 3.8) is 0 Å². The van der Waals surface area contributed by atoms with Gasteiger partial charge in [0.25, 0.3) is 0 Å². The predicted molar refractivity (Wildman–Crippen MR) is 48.9 cm³/mol. The average Bonchev–Trinajstić information content (AvgIpc) is 2.01. The maximum absolute atomic E-state index is 10.9. The van der Waals surface area contributed by atoms with Crippen LogP contribution in [0.4, 0.5) is 0 Å². The van der Waals surface area contributed by atoms with E-state index in [1.165, 1.54) is 0 Å². The molecule has 0 fully saturated rings. The molecule has 0 rings (SSSR count). The van der Waals surface area contributed by atoms with E-state index in [0.717, 1.165) is 0 Å². The van der Waals surface area contributed by atoms with Crippen LogP contribution in [0.25, 0.3) is 0 Å². The highest BCUT2D eigenvalue weighted by molar-refractivity contribution is 5.71. The minimum absolute atomic E-state index is 0.203. The zero-order valence-corrected chi connectivity index (χ0v) is 7.80. The average molecular weight is 171 g/mol. The van der Waals surface area contributed by atoms with Crippen LogP contribution < -0.4 is 5.32 Å². The first-order valence-corrected chi connectivity index (χ1v) is 4.14. The molecule has 0 saturated heterocycles. The van der Waals surface area contributed by atoms with Gasteiger partial charge in [-0.1, -0.05) is 19.9 Å². The van der Waals surface area contributed by atoms with E-state index in [-0.39, 0.29) is 12.5 Å². The van der Waals surface area contributed by atoms with Crippen molar-refractivity contribution in [1.29, 1.82) is 0 Å². The summed E-state index contributed by atoms with van der Waals surface area (Å²) in [6.07, 6.45) is 1.70. The highest BCUT2D eigenvalue weighted by atomic mass is 16.5. The van der Waals surface area contributed by atoms with E-state index >= 15 is 0 Å². The molecule has 12 heavy (non-hydrogen) atoms. The SMILES string of the molecule is C=CCNCC(=O)OCC(C)C. The highest BCUT2D eigenvalue weighted by Crippen LogP contribution is 1.91. The summed E-state index contributed by atoms with van der Waals surface area (Å²) in [5.74, 6) is 0.193. The molecular weight excluding hydrogens is 154 g/mol. The van der Waals surface area contributed by atoms with Gasteiger partial charge in [0.2, 0.25) is 0 Å². The molecule has 0 atom stereocenters. The fraction of sp³-hybridized carbons (Fsp3) is 0.667. The van der Waals surface area contributed by atoms with Crippen molar-refractivity contribution in [3.8, 4) is 0 Å². The molecule has 3 nitrogen and oxygen atoms in total. The van der Waals surface area contributed by atoms with E-state index in [9.17, 15) is 4.79 Å². The van der Waals surface area contributed by atoms with E-state index in [1.807, 2.05) is 13.8 Å². The molecule has 0 aliphatic carbocycles. The standard InChI is InChI=1S/C9H17NO2/c1-4-5-10-6-9(11)12-7-8(2)3/h4,8,10H,1,5-7H2,2-3H3. The highest BCUT2D eigenvalue weighted by Gasteiger charge is 2.01. The van der Waals surface area contributed by atoms with Crippen LogP contribution in [0.1, 0.15) is 13.8 Å². The molecule has 0 amide bonds. The second kappa shape index (κ2) is 6.85. The Hall–Kier alpha value is -0.830. The summed E-state index contributed by atoms with van der Waals surface area (Å²) >= 11 is 0. The molecule has 0 radical (unpaired) electrons. The third-order valence-electron chi connectivity index (χ3n) is 1.14. The Balaban J connectivity index is 3.27. The van der Waals surface area contributed by atoms with E-state index in [1.54, 1.807) is 6.08 Å². The number of carbonyl (C=O) groups is 1. The van der Waals surface area contributed by atoms with Crippen molar-refractivity contribution < 1.29 is 9.53 Å². The summed E-state index contributed by atoms with van der Waals surface area (Å²) in [5, 5.41) is 2.87. The molecule has 0 saturated carbocycles. The Morgan fingerprint density at radius 1 is 1.67 bits per heavy atom. The van der Waals surface area contributed by atoms with E-state index in [4.69, 9.17) is 4.74 Å². The molecule has 0 aromatic carbocycles. The molecule has 0 unspecified atom stereocenters. The third-order valence-corrected chi connectivity index (χ3v) is 1.14. The van der Waals surface area contributed by atoms with Crippen LogP contribution in [0.3, 0.4) is 0 Å². The minimum Gasteiger partial charge on any atom is -0.464 e. The number of esters is 1. The van der Waals surface area contributed by atoms with Crippen LogP contribution in [-0.2, 0) is 9.53 Å². The Bertz CT molecular complexity index is 143. The number of nitrogens with one attached hydrogen (secondary N) is 1. The maximum atomic E-state index is 10.9. The van der Waals surface area contributed by atoms with Gasteiger partial charge in [-0.3, -0.25) is 4.79 Å². The van der Waals surface area contributed by atoms with Gasteiger partial charge < -0.3 is 10.1 Å². The Kier molecular flexibility index (Phi) is 6.38. The first kappa shape index (κ1) is 11.2. The van der Waals surface area contributed by atoms with Gasteiger partial charge in [-0.15, -0.1) is 6.58 Å². The topological polar surface area (TPSA) is 38.3 Å². The van der Waals surface area contributed by atoms with E-state index < -0.39 is 0 Å². The Labute approximate surface area is 73.8 Å². The van der Waals surface area contributed by atoms with Crippen LogP contribution in [0.2, 0.25) is 0 Å². The fourth-order valence-electron chi connectivity index (χ4n) is 0.587. The first-order chi connectivity index (χ1) is 5.66. The summed E-state index contributed by atoms with van der Waals surface area (Å²) in [5.41, 5.74) is 0. The van der Waals surface area contributed by atoms with Crippen molar-refractivity contribution in [1.82, 2.24) is 5.32 Å². The number of hydrogen-bond donors (Lipinski definition) is 1. The summed E-state index contributed by atoms with van der Waals surface area (Å²) < 4.78 is 4.91. The van der Waals surface area contributed by atoms with Gasteiger partial charge in [0, 0.05) is 6.54 Å². The van der Waals surface area contributed by atoms with Gasteiger partial charge in [0.05, 0.1) is 13.2 Å². The molecule has 0 aromatic rings. The van der Waals surface area contributed by atoms with Crippen LogP contribution in [0, 0.1) is 5.92 Å². The fourth-order valence-corrected chi connectivity index (χ4v) is 0.587. The largest absolute Gasteiger partial charge is 0.464 e. The number of carbonyl (C=O) groups excluding carboxylic acids is 1. The summed E-state index contributed by atoms with van der Waals surface area (Å²) in [6, 6.07) is 0. The number of ether oxygens (including phenoxy) is 1. The van der Waals surface area contributed by atoms with Gasteiger partial charge in [-0.25, -0.2) is 0 Å². The minimum atomic E-state index is -0.203. The van der Waals surface area contributed by atoms with Gasteiger partial charge >= 0.3 is 5.97 Å². The predicted octanol–water partition coefficient (Wildman–Crippen LogP) is 0.961. The lowest BCUT2D eigenvalue weighted by Gasteiger charge is -2.06. The molecule has 0 spiro atoms. The van der Waals surface area contributed by atoms with Gasteiger partial charge in [0.15, 0.2) is 0 Å². The zero-order valence-electron chi connectivity index (χ0n) is 7.80. The maximum Gasteiger partial charge on any atom is 0.319 e. The summed E-state index contributed by atoms with van der Waals surface area (Å²) in [6.45, 7) is 8.92. The lowest BCUT2D eigenvalue weighted by Crippen LogP contribution is -2.25. The Morgan fingerprint density at radius 2 is 2.33 bits per heavy atom. The molecule has 0 bridgehead atoms. The number of rotatable bonds is 6. The quantitative estimate of drug-likeness (QED) is 0.367. The lowest BCUT2D eigenvalue weighted by molar-refractivity contribution is -0.143. The van der Waals surface area contributed by atoms with Crippen molar-refractivity contribution in [2.75, 3.05) is 19.7 Å². The van der Waals surface area contributed by atoms with E-state index in [0.29, 0.717) is 19.1 Å². The monoisotopic (exact) mass is 171 g/mol. The van der Waals surface area contributed by atoms with Gasteiger partial charge in [-0.05, 0) is 5.92 Å². The lowest BCUT2D eigenvalue weighted by atomic mass is 10.2. The van der Waals surface area contributed by atoms with Crippen LogP contribution in [-0.4, -0.2) is 25.7 Å². The van der Waals surface area contributed by atoms with Crippen molar-refractivity contribution in [2.24, 2.45) is 5.92 Å². The van der Waals surface area contributed by atoms with Crippen molar-refractivity contribution >= 4 is 5.97 Å². The summed E-state index contributed by atoms with van der Waals surface area (Å²) in [7, 11) is 0. The normalized spacial score (nSPS) is 9.92. The molecule has 0 aromatic heterocycles. The zero-order chi connectivity index (χ0) is 9.40. The Morgan fingerprint density at radius 3 is 2.83 bits per heavy atom. The van der Waals surface area contributed by atoms with E-state index in [2.05, 4.69) is 11.9 Å². The third kappa shape index (κ3) is 7.28. The molecule has 70 valence electrons. The van der Waals surface area contributed by atoms with Crippen LogP contribution in [0.15, 0.2) is 12.7 Å². The van der Waals surface area contributed by atoms with Crippen LogP contribution >= 0.6 is 0 Å². The van der Waals surface area contributed by atoms with Crippen LogP contribution in [0.5, 0.6) is 0 Å².